The van der Waals surface area contributed by atoms with Crippen LogP contribution in [0.5, 0.6) is 0 Å². The number of hydrogen-bond acceptors (Lipinski definition) is 0. The van der Waals surface area contributed by atoms with E-state index in [1.54, 1.807) is 0 Å². The van der Waals surface area contributed by atoms with Crippen molar-refractivity contribution in [1.82, 2.24) is 0 Å². The summed E-state index contributed by atoms with van der Waals surface area (Å²) in [5.41, 5.74) is 13.8. The summed E-state index contributed by atoms with van der Waals surface area (Å²) in [6, 6.07) is 54.8. The summed E-state index contributed by atoms with van der Waals surface area (Å²) in [6.45, 7) is 4.53. The number of hydrogen-bond donors (Lipinski definition) is 0. The molecule has 0 amide bonds. The molecular weight excluding hydrogens is 725 g/mol. The van der Waals surface area contributed by atoms with Gasteiger partial charge in [-0.1, -0.05) is 0 Å². The molecule has 4 heteroatoms. The van der Waals surface area contributed by atoms with Crippen LogP contribution in [0, 0.1) is 0 Å². The molecule has 2 aliphatic carbocycles. The fraction of sp³-hybridized carbons (Fsp3) is 0.0870. The molecule has 241 valence electrons. The van der Waals surface area contributed by atoms with Crippen LogP contribution in [-0.2, 0) is 16.2 Å². The Bertz CT molecular complexity index is 2380. The first kappa shape index (κ1) is 32.0. The standard InChI is InChI=1S/2C20H15.C6H6B.2ClH.Zr/c2*1-14-12-16-8-5-11-19(20(16)13-14)18-10-4-7-15-6-2-3-9-17(15)18;7-6-4-2-1-3-5-6;;;/h2*2-13H,1H3;1-5,7H;2*1H;/q;;+1;;;+1/p-2. The van der Waals surface area contributed by atoms with E-state index in [9.17, 15) is 0 Å². The molecule has 0 aliphatic heterocycles. The second kappa shape index (κ2) is 12.1. The molecule has 0 nitrogen and oxygen atoms in total. The molecule has 0 saturated heterocycles. The van der Waals surface area contributed by atoms with Gasteiger partial charge in [-0.3, -0.25) is 0 Å². The summed E-state index contributed by atoms with van der Waals surface area (Å²) in [7, 11) is 17.3. The monoisotopic (exact) mass is 759 g/mol. The molecule has 0 radical (unpaired) electrons. The Morgan fingerprint density at radius 3 is 1.34 bits per heavy atom. The van der Waals surface area contributed by atoms with Gasteiger partial charge >= 0.3 is 306 Å². The van der Waals surface area contributed by atoms with Crippen molar-refractivity contribution in [1.29, 1.82) is 0 Å². The number of benzene rings is 7. The third-order valence-corrected chi connectivity index (χ3v) is 30.2. The summed E-state index contributed by atoms with van der Waals surface area (Å²) in [5.74, 6) is 0. The molecule has 0 heterocycles. The first-order valence-electron chi connectivity index (χ1n) is 17.5. The summed E-state index contributed by atoms with van der Waals surface area (Å²) < 4.78 is -0.101. The van der Waals surface area contributed by atoms with Crippen molar-refractivity contribution in [2.24, 2.45) is 0 Å². The second-order valence-electron chi connectivity index (χ2n) is 14.3. The van der Waals surface area contributed by atoms with Gasteiger partial charge in [0.15, 0.2) is 0 Å². The van der Waals surface area contributed by atoms with Crippen molar-refractivity contribution in [3.05, 3.63) is 185 Å². The average Bonchev–Trinajstić information content (AvgIpc) is 3.68. The molecule has 2 atom stereocenters. The summed E-state index contributed by atoms with van der Waals surface area (Å²) in [6.07, 6.45) is 4.78. The van der Waals surface area contributed by atoms with Crippen molar-refractivity contribution in [2.75, 3.05) is 0 Å². The Labute approximate surface area is 303 Å². The molecule has 2 unspecified atom stereocenters. The zero-order valence-electron chi connectivity index (χ0n) is 28.2. The maximum atomic E-state index is 8.67. The van der Waals surface area contributed by atoms with Crippen LogP contribution in [0.2, 0.25) is 0 Å². The van der Waals surface area contributed by atoms with E-state index in [0.717, 1.165) is 0 Å². The van der Waals surface area contributed by atoms with Gasteiger partial charge < -0.3 is 0 Å². The number of halogens is 2. The minimum atomic E-state index is -5.12. The molecule has 0 fully saturated rings. The SMILES string of the molecule is CC1=Cc2c(-c3cccc4ccccc34)cccc2[CH]1[Zr]([Cl])([Cl])([BH]c1ccccc1)[CH]1C(C)=Cc2c(-c3cccc4ccccc34)cccc21. The van der Waals surface area contributed by atoms with Crippen LogP contribution < -0.4 is 5.46 Å². The third-order valence-electron chi connectivity index (χ3n) is 11.3. The van der Waals surface area contributed by atoms with Crippen LogP contribution in [0.4, 0.5) is 0 Å². The van der Waals surface area contributed by atoms with Gasteiger partial charge in [-0.15, -0.1) is 0 Å². The summed E-state index contributed by atoms with van der Waals surface area (Å²) in [4.78, 5) is 0.687. The predicted octanol–water partition coefficient (Wildman–Crippen LogP) is 12.6. The van der Waals surface area contributed by atoms with Gasteiger partial charge in [-0.25, -0.2) is 0 Å². The first-order valence-corrected chi connectivity index (χ1v) is 28.4. The van der Waals surface area contributed by atoms with Crippen molar-refractivity contribution >= 4 is 61.0 Å². The molecule has 50 heavy (non-hydrogen) atoms. The van der Waals surface area contributed by atoms with Gasteiger partial charge in [0.1, 0.15) is 0 Å². The molecule has 0 spiro atoms. The van der Waals surface area contributed by atoms with Crippen molar-refractivity contribution < 1.29 is 16.2 Å². The number of rotatable bonds is 6. The van der Waals surface area contributed by atoms with Gasteiger partial charge in [0, 0.05) is 0 Å². The molecule has 0 saturated carbocycles. The van der Waals surface area contributed by atoms with Crippen LogP contribution in [0.3, 0.4) is 0 Å². The Hall–Kier alpha value is -3.93. The van der Waals surface area contributed by atoms with E-state index in [4.69, 9.17) is 17.0 Å². The molecule has 7 aromatic rings. The Kier molecular flexibility index (Phi) is 7.74. The fourth-order valence-electron chi connectivity index (χ4n) is 9.41. The zero-order valence-corrected chi connectivity index (χ0v) is 32.2. The van der Waals surface area contributed by atoms with E-state index in [0.29, 0.717) is 4.82 Å². The molecule has 0 aromatic heterocycles. The molecule has 7 aromatic carbocycles. The number of allylic oxidation sites excluding steroid dienone is 2. The van der Waals surface area contributed by atoms with E-state index in [1.807, 2.05) is 0 Å². The van der Waals surface area contributed by atoms with Gasteiger partial charge in [0.2, 0.25) is 0 Å². The normalized spacial score (nSPS) is 17.5. The van der Waals surface area contributed by atoms with E-state index >= 15 is 0 Å². The summed E-state index contributed by atoms with van der Waals surface area (Å²) >= 11 is -5.12. The Morgan fingerprint density at radius 1 is 0.440 bits per heavy atom. The Balaban J connectivity index is 1.26. The van der Waals surface area contributed by atoms with Gasteiger partial charge in [-0.2, -0.15) is 0 Å². The van der Waals surface area contributed by atoms with E-state index < -0.39 is 16.2 Å². The molecule has 0 N–H and O–H groups in total. The fourth-order valence-corrected chi connectivity index (χ4v) is 31.7. The number of fused-ring (bicyclic) bond motifs is 4. The van der Waals surface area contributed by atoms with Crippen LogP contribution in [-0.4, -0.2) is 4.82 Å². The topological polar surface area (TPSA) is 0 Å². The minimum absolute atomic E-state index is 0.0505. The summed E-state index contributed by atoms with van der Waals surface area (Å²) in [5, 5.41) is 5.00. The van der Waals surface area contributed by atoms with Gasteiger partial charge in [0.05, 0.1) is 0 Å². The van der Waals surface area contributed by atoms with E-state index in [2.05, 4.69) is 178 Å². The van der Waals surface area contributed by atoms with Crippen molar-refractivity contribution in [3.8, 4) is 22.3 Å². The van der Waals surface area contributed by atoms with Gasteiger partial charge in [0.25, 0.3) is 0 Å². The van der Waals surface area contributed by atoms with Crippen molar-refractivity contribution in [3.63, 3.8) is 0 Å². The van der Waals surface area contributed by atoms with Gasteiger partial charge in [-0.05, 0) is 0 Å². The molecular formula is C46H36BCl2Zr. The molecule has 9 rings (SSSR count). The van der Waals surface area contributed by atoms with Crippen LogP contribution in [0.1, 0.15) is 43.4 Å². The third kappa shape index (κ3) is 4.98. The quantitative estimate of drug-likeness (QED) is 0.148. The molecule has 2 aliphatic rings. The predicted molar refractivity (Wildman–Crippen MR) is 216 cm³/mol. The zero-order chi connectivity index (χ0) is 34.1. The van der Waals surface area contributed by atoms with E-state index in [-0.39, 0.29) is 7.25 Å². The maximum absolute atomic E-state index is 8.67. The first-order chi connectivity index (χ1) is 24.3. The second-order valence-corrected chi connectivity index (χ2v) is 36.4. The average molecular weight is 762 g/mol. The van der Waals surface area contributed by atoms with Crippen molar-refractivity contribution in [2.45, 2.75) is 21.1 Å². The van der Waals surface area contributed by atoms with Crippen LogP contribution in [0.25, 0.3) is 56.0 Å². The van der Waals surface area contributed by atoms with E-state index in [1.165, 1.54) is 82.7 Å². The molecule has 0 bridgehead atoms. The Morgan fingerprint density at radius 2 is 0.840 bits per heavy atom. The van der Waals surface area contributed by atoms with Crippen LogP contribution in [0.15, 0.2) is 163 Å². The van der Waals surface area contributed by atoms with Crippen LogP contribution >= 0.6 is 17.0 Å².